The summed E-state index contributed by atoms with van der Waals surface area (Å²) in [7, 11) is -8.54. The van der Waals surface area contributed by atoms with Crippen molar-refractivity contribution in [1.29, 1.82) is 0 Å². The summed E-state index contributed by atoms with van der Waals surface area (Å²) >= 11 is 0.230. The van der Waals surface area contributed by atoms with Crippen molar-refractivity contribution in [2.24, 2.45) is 0 Å². The molecule has 0 bridgehead atoms. The van der Waals surface area contributed by atoms with Gasteiger partial charge in [-0.3, -0.25) is 0 Å². The summed E-state index contributed by atoms with van der Waals surface area (Å²) < 4.78 is 62.3. The molecule has 0 saturated carbocycles. The molecule has 0 aliphatic carbocycles. The first kappa shape index (κ1) is 24.1. The molecular formula is C16H20O6S2Sn. The topological polar surface area (TPSA) is 114 Å². The Morgan fingerprint density at radius 1 is 0.640 bits per heavy atom. The van der Waals surface area contributed by atoms with E-state index in [9.17, 15) is 25.9 Å². The first-order chi connectivity index (χ1) is 11.4. The molecule has 0 unspecified atom stereocenters. The summed E-state index contributed by atoms with van der Waals surface area (Å²) in [6.45, 7) is 3.64. The molecule has 2 rings (SSSR count). The molecule has 25 heavy (non-hydrogen) atoms. The van der Waals surface area contributed by atoms with Gasteiger partial charge in [0.15, 0.2) is 0 Å². The van der Waals surface area contributed by atoms with Crippen LogP contribution in [0, 0.1) is 13.8 Å². The number of benzene rings is 2. The van der Waals surface area contributed by atoms with Gasteiger partial charge in [0.1, 0.15) is 20.2 Å². The normalized spacial score (nSPS) is 10.5. The van der Waals surface area contributed by atoms with Crippen molar-refractivity contribution >= 4 is 41.4 Å². The van der Waals surface area contributed by atoms with E-state index in [2.05, 4.69) is 9.88 Å². The molecule has 136 valence electrons. The van der Waals surface area contributed by atoms with Gasteiger partial charge in [0.2, 0.25) is 0 Å². The summed E-state index contributed by atoms with van der Waals surface area (Å²) in [5.74, 6) is 0. The minimum atomic E-state index is -4.27. The van der Waals surface area contributed by atoms with Crippen LogP contribution in [-0.4, -0.2) is 47.1 Å². The zero-order chi connectivity index (χ0) is 19.7. The Morgan fingerprint density at radius 3 is 1.00 bits per heavy atom. The fraction of sp³-hybridized carbons (Fsp3) is 0.250. The van der Waals surface area contributed by atoms with Gasteiger partial charge < -0.3 is 9.11 Å². The van der Waals surface area contributed by atoms with Gasteiger partial charge in [-0.05, 0) is 38.1 Å². The zero-order valence-corrected chi connectivity index (χ0v) is 18.9. The van der Waals surface area contributed by atoms with E-state index in [4.69, 9.17) is 0 Å². The predicted molar refractivity (Wildman–Crippen MR) is 95.8 cm³/mol. The van der Waals surface area contributed by atoms with E-state index < -0.39 is 20.2 Å². The van der Waals surface area contributed by atoms with E-state index in [1.165, 1.54) is 24.3 Å². The van der Waals surface area contributed by atoms with Gasteiger partial charge in [-0.2, -0.15) is 0 Å². The second-order valence-electron chi connectivity index (χ2n) is 5.03. The molecule has 9 heteroatoms. The molecule has 0 radical (unpaired) electrons. The Hall–Kier alpha value is -0.941. The van der Waals surface area contributed by atoms with Gasteiger partial charge in [-0.1, -0.05) is 35.4 Å². The van der Waals surface area contributed by atoms with E-state index in [1.807, 2.05) is 13.8 Å². The fourth-order valence-electron chi connectivity index (χ4n) is 1.41. The molecule has 0 fully saturated rings. The molecule has 0 aliphatic rings. The van der Waals surface area contributed by atoms with Crippen molar-refractivity contribution in [2.75, 3.05) is 0 Å². The van der Waals surface area contributed by atoms with Crippen LogP contribution < -0.4 is 0 Å². The molecule has 2 aromatic rings. The number of rotatable bonds is 2. The molecule has 0 aliphatic heterocycles. The second-order valence-corrected chi connectivity index (χ2v) is 10.6. The van der Waals surface area contributed by atoms with Crippen LogP contribution in [0.2, 0.25) is 9.88 Å². The molecule has 2 aromatic carbocycles. The van der Waals surface area contributed by atoms with Gasteiger partial charge in [-0.25, -0.2) is 16.8 Å². The molecule has 6 nitrogen and oxygen atoms in total. The number of hydrogen-bond acceptors (Lipinski definition) is 6. The maximum atomic E-state index is 10.4. The second kappa shape index (κ2) is 10.9. The quantitative estimate of drug-likeness (QED) is 0.472. The standard InChI is InChI=1S/2C7H8O3S.2CH3.Sn/c2*1-6-2-4-7(5-3-6)11(8,9)10;;;/h2*2-5H,1H3,(H,8,9,10);2*1H3;/q;;;;+2/p-2. The van der Waals surface area contributed by atoms with Crippen molar-refractivity contribution in [2.45, 2.75) is 33.5 Å². The van der Waals surface area contributed by atoms with Gasteiger partial charge in [0.05, 0.1) is 9.79 Å². The molecular weight excluding hydrogens is 471 g/mol. The Morgan fingerprint density at radius 2 is 0.840 bits per heavy atom. The number of aryl methyl sites for hydroxylation is 2. The van der Waals surface area contributed by atoms with Crippen LogP contribution in [0.15, 0.2) is 58.3 Å². The van der Waals surface area contributed by atoms with Gasteiger partial charge in [0.25, 0.3) is 0 Å². The van der Waals surface area contributed by atoms with E-state index in [0.29, 0.717) is 0 Å². The Bertz CT molecular complexity index is 769. The third kappa shape index (κ3) is 10.6. The average Bonchev–Trinajstić information content (AvgIpc) is 2.47. The van der Waals surface area contributed by atoms with Crippen molar-refractivity contribution in [3.8, 4) is 0 Å². The van der Waals surface area contributed by atoms with Crippen LogP contribution in [0.25, 0.3) is 0 Å². The monoisotopic (exact) mass is 492 g/mol. The number of hydrogen-bond donors (Lipinski definition) is 0. The minimum absolute atomic E-state index is 0.178. The summed E-state index contributed by atoms with van der Waals surface area (Å²) in [4.78, 5) is 4.23. The van der Waals surface area contributed by atoms with Gasteiger partial charge in [0, 0.05) is 0 Å². The van der Waals surface area contributed by atoms with Crippen LogP contribution in [0.4, 0.5) is 0 Å². The van der Waals surface area contributed by atoms with Gasteiger partial charge >= 0.3 is 31.0 Å². The SMILES string of the molecule is Cc1ccc(S(=O)(=O)[O-])cc1.Cc1ccc(S(=O)(=O)[O-])cc1.[CH3][Sn+2][CH3]. The van der Waals surface area contributed by atoms with Gasteiger partial charge in [-0.15, -0.1) is 0 Å². The van der Waals surface area contributed by atoms with E-state index in [-0.39, 0.29) is 30.9 Å². The van der Waals surface area contributed by atoms with E-state index in [0.717, 1.165) is 11.1 Å². The maximum absolute atomic E-state index is 10.4. The van der Waals surface area contributed by atoms with Crippen molar-refractivity contribution in [3.63, 3.8) is 0 Å². The van der Waals surface area contributed by atoms with Crippen molar-refractivity contribution in [1.82, 2.24) is 0 Å². The average molecular weight is 491 g/mol. The summed E-state index contributed by atoms with van der Waals surface area (Å²) in [6, 6.07) is 11.6. The van der Waals surface area contributed by atoms with E-state index in [1.54, 1.807) is 24.3 Å². The first-order valence-corrected chi connectivity index (χ1v) is 15.6. The van der Waals surface area contributed by atoms with Crippen LogP contribution in [0.3, 0.4) is 0 Å². The van der Waals surface area contributed by atoms with Crippen molar-refractivity contribution in [3.05, 3.63) is 59.7 Å². The molecule has 0 N–H and O–H groups in total. The fourth-order valence-corrected chi connectivity index (χ4v) is 2.35. The van der Waals surface area contributed by atoms with E-state index >= 15 is 0 Å². The molecule has 0 amide bonds. The van der Waals surface area contributed by atoms with Crippen LogP contribution in [-0.2, 0) is 20.2 Å². The van der Waals surface area contributed by atoms with Crippen LogP contribution in [0.5, 0.6) is 0 Å². The third-order valence-electron chi connectivity index (χ3n) is 2.62. The Kier molecular flexibility index (Phi) is 10.5. The third-order valence-corrected chi connectivity index (χ3v) is 4.32. The molecule has 0 atom stereocenters. The predicted octanol–water partition coefficient (Wildman–Crippen LogP) is 2.59. The summed E-state index contributed by atoms with van der Waals surface area (Å²) in [5.41, 5.74) is 1.86. The summed E-state index contributed by atoms with van der Waals surface area (Å²) in [6.07, 6.45) is 0. The molecule has 0 heterocycles. The Balaban J connectivity index is 0.000000399. The molecule has 0 saturated heterocycles. The first-order valence-electron chi connectivity index (χ1n) is 7.05. The van der Waals surface area contributed by atoms with Crippen molar-refractivity contribution < 1.29 is 25.9 Å². The van der Waals surface area contributed by atoms with Crippen LogP contribution in [0.1, 0.15) is 11.1 Å². The summed E-state index contributed by atoms with van der Waals surface area (Å²) in [5, 5.41) is 0. The molecule has 0 spiro atoms. The molecule has 0 aromatic heterocycles. The zero-order valence-electron chi connectivity index (χ0n) is 14.4. The Labute approximate surface area is 160 Å². The van der Waals surface area contributed by atoms with Crippen LogP contribution >= 0.6 is 0 Å².